The van der Waals surface area contributed by atoms with Crippen LogP contribution in [0.1, 0.15) is 29.7 Å². The highest BCUT2D eigenvalue weighted by Crippen LogP contribution is 2.47. The predicted octanol–water partition coefficient (Wildman–Crippen LogP) is 5.87. The zero-order valence-electron chi connectivity index (χ0n) is 30.3. The molecule has 3 aromatic carbocycles. The molecule has 270 valence electrons. The van der Waals surface area contributed by atoms with Gasteiger partial charge in [0.05, 0.1) is 44.6 Å². The van der Waals surface area contributed by atoms with Gasteiger partial charge in [-0.1, -0.05) is 30.3 Å². The van der Waals surface area contributed by atoms with Gasteiger partial charge in [0, 0.05) is 73.9 Å². The first-order chi connectivity index (χ1) is 25.4. The van der Waals surface area contributed by atoms with Crippen LogP contribution in [0.5, 0.6) is 23.0 Å². The molecule has 5 aromatic rings. The highest BCUT2D eigenvalue weighted by Gasteiger charge is 2.27. The normalized spacial score (nSPS) is 15.2. The lowest BCUT2D eigenvalue weighted by Gasteiger charge is -2.34. The van der Waals surface area contributed by atoms with Gasteiger partial charge in [-0.05, 0) is 55.7 Å². The molecule has 4 heterocycles. The number of aryl methyl sites for hydroxylation is 1. The Morgan fingerprint density at radius 2 is 1.56 bits per heavy atom. The summed E-state index contributed by atoms with van der Waals surface area (Å²) in [6.45, 7) is 6.88. The molecule has 2 aromatic heterocycles. The summed E-state index contributed by atoms with van der Waals surface area (Å²) in [4.78, 5) is 37.0. The van der Waals surface area contributed by atoms with Gasteiger partial charge >= 0.3 is 0 Å². The molecule has 0 spiro atoms. The Morgan fingerprint density at radius 1 is 0.808 bits per heavy atom. The number of pyridine rings is 1. The Hall–Kier alpha value is -5.55. The van der Waals surface area contributed by atoms with Crippen molar-refractivity contribution in [1.29, 1.82) is 0 Å². The minimum atomic E-state index is -0.109. The first-order valence-electron chi connectivity index (χ1n) is 17.8. The van der Waals surface area contributed by atoms with Crippen LogP contribution in [0, 0.1) is 6.92 Å². The summed E-state index contributed by atoms with van der Waals surface area (Å²) in [7, 11) is 4.75. The lowest BCUT2D eigenvalue weighted by Crippen LogP contribution is -2.51. The zero-order chi connectivity index (χ0) is 36.2. The van der Waals surface area contributed by atoms with Crippen molar-refractivity contribution in [2.24, 2.45) is 0 Å². The first-order valence-corrected chi connectivity index (χ1v) is 17.8. The number of methoxy groups -OCH3 is 3. The Morgan fingerprint density at radius 3 is 2.27 bits per heavy atom. The van der Waals surface area contributed by atoms with Gasteiger partial charge in [-0.2, -0.15) is 0 Å². The van der Waals surface area contributed by atoms with Gasteiger partial charge in [-0.15, -0.1) is 0 Å². The van der Waals surface area contributed by atoms with Gasteiger partial charge in [-0.25, -0.2) is 0 Å². The van der Waals surface area contributed by atoms with Crippen molar-refractivity contribution in [3.63, 3.8) is 0 Å². The maximum Gasteiger partial charge on any atom is 0.246 e. The van der Waals surface area contributed by atoms with Gasteiger partial charge in [-0.3, -0.25) is 19.5 Å². The highest BCUT2D eigenvalue weighted by molar-refractivity contribution is 6.11. The Bertz CT molecular complexity index is 2110. The molecule has 0 aliphatic carbocycles. The van der Waals surface area contributed by atoms with E-state index in [2.05, 4.69) is 20.5 Å². The Balaban J connectivity index is 1.26. The lowest BCUT2D eigenvalue weighted by molar-refractivity contribution is -0.132. The number of amides is 2. The van der Waals surface area contributed by atoms with Crippen LogP contribution in [0.2, 0.25) is 0 Å². The first kappa shape index (κ1) is 34.9. The van der Waals surface area contributed by atoms with Crippen LogP contribution in [0.4, 0.5) is 0 Å². The SMILES string of the molecule is COc1cc(/C=C/C(=O)N2CCN(CC(=O)N3CCCC3)CC2)c(-n2c3cc(OCc4ccccc4)ccc3c3ccnc(C)c32)c(OC)c1OC. The monoisotopic (exact) mass is 703 g/mol. The third-order valence-electron chi connectivity index (χ3n) is 10.0. The van der Waals surface area contributed by atoms with E-state index in [4.69, 9.17) is 18.9 Å². The molecule has 0 saturated carbocycles. The molecule has 2 amide bonds. The summed E-state index contributed by atoms with van der Waals surface area (Å²) in [5.41, 5.74) is 5.02. The summed E-state index contributed by atoms with van der Waals surface area (Å²) in [6.07, 6.45) is 7.37. The number of hydrogen-bond acceptors (Lipinski definition) is 8. The molecule has 0 unspecified atom stereocenters. The summed E-state index contributed by atoms with van der Waals surface area (Å²) >= 11 is 0. The number of fused-ring (bicyclic) bond motifs is 3. The van der Waals surface area contributed by atoms with Gasteiger partial charge < -0.3 is 33.3 Å². The number of nitrogens with zero attached hydrogens (tertiary/aromatic N) is 5. The minimum absolute atomic E-state index is 0.109. The molecule has 2 aliphatic heterocycles. The maximum atomic E-state index is 13.7. The average Bonchev–Trinajstić information content (AvgIpc) is 3.84. The van der Waals surface area contributed by atoms with Crippen LogP contribution in [0.15, 0.2) is 72.9 Å². The number of aromatic nitrogens is 2. The Kier molecular flexibility index (Phi) is 10.3. The van der Waals surface area contributed by atoms with Crippen molar-refractivity contribution >= 4 is 39.7 Å². The number of carbonyl (C=O) groups is 2. The molecule has 52 heavy (non-hydrogen) atoms. The topological polar surface area (TPSA) is 98.6 Å². The zero-order valence-corrected chi connectivity index (χ0v) is 30.3. The molecule has 2 saturated heterocycles. The van der Waals surface area contributed by atoms with E-state index in [1.165, 1.54) is 0 Å². The molecule has 0 bridgehead atoms. The highest BCUT2D eigenvalue weighted by atomic mass is 16.5. The molecule has 0 radical (unpaired) electrons. The molecule has 2 fully saturated rings. The third-order valence-corrected chi connectivity index (χ3v) is 10.0. The third kappa shape index (κ3) is 6.88. The minimum Gasteiger partial charge on any atom is -0.493 e. The van der Waals surface area contributed by atoms with Gasteiger partial charge in [0.25, 0.3) is 0 Å². The number of rotatable bonds is 11. The number of benzene rings is 3. The van der Waals surface area contributed by atoms with E-state index in [1.54, 1.807) is 27.4 Å². The molecule has 2 aliphatic rings. The summed E-state index contributed by atoms with van der Waals surface area (Å²) in [5.74, 6) is 2.12. The van der Waals surface area contributed by atoms with Crippen LogP contribution >= 0.6 is 0 Å². The predicted molar refractivity (Wildman–Crippen MR) is 202 cm³/mol. The van der Waals surface area contributed by atoms with Crippen molar-refractivity contribution in [2.45, 2.75) is 26.4 Å². The van der Waals surface area contributed by atoms with E-state index in [0.29, 0.717) is 73.6 Å². The lowest BCUT2D eigenvalue weighted by atomic mass is 10.1. The average molecular weight is 704 g/mol. The van der Waals surface area contributed by atoms with Crippen LogP contribution in [0.3, 0.4) is 0 Å². The van der Waals surface area contributed by atoms with Crippen molar-refractivity contribution in [1.82, 2.24) is 24.3 Å². The van der Waals surface area contributed by atoms with E-state index in [1.807, 2.05) is 83.6 Å². The van der Waals surface area contributed by atoms with E-state index in [-0.39, 0.29) is 11.8 Å². The van der Waals surface area contributed by atoms with Crippen molar-refractivity contribution in [2.75, 3.05) is 67.1 Å². The number of hydrogen-bond donors (Lipinski definition) is 0. The van der Waals surface area contributed by atoms with E-state index in [0.717, 1.165) is 59.0 Å². The smallest absolute Gasteiger partial charge is 0.246 e. The quantitative estimate of drug-likeness (QED) is 0.158. The van der Waals surface area contributed by atoms with Crippen LogP contribution in [0.25, 0.3) is 33.6 Å². The largest absolute Gasteiger partial charge is 0.493 e. The van der Waals surface area contributed by atoms with Crippen LogP contribution in [-0.2, 0) is 16.2 Å². The molecule has 11 nitrogen and oxygen atoms in total. The van der Waals surface area contributed by atoms with Gasteiger partial charge in [0.1, 0.15) is 18.0 Å². The number of ether oxygens (including phenoxy) is 4. The Labute approximate surface area is 303 Å². The number of piperazine rings is 1. The van der Waals surface area contributed by atoms with Crippen molar-refractivity contribution < 1.29 is 28.5 Å². The van der Waals surface area contributed by atoms with Crippen molar-refractivity contribution in [3.05, 3.63) is 89.8 Å². The van der Waals surface area contributed by atoms with E-state index in [9.17, 15) is 9.59 Å². The summed E-state index contributed by atoms with van der Waals surface area (Å²) in [6, 6.07) is 20.0. The fourth-order valence-corrected chi connectivity index (χ4v) is 7.33. The fourth-order valence-electron chi connectivity index (χ4n) is 7.33. The van der Waals surface area contributed by atoms with Crippen LogP contribution < -0.4 is 18.9 Å². The molecular formula is C41H45N5O6. The van der Waals surface area contributed by atoms with Gasteiger partial charge in [0.2, 0.25) is 17.6 Å². The second-order valence-corrected chi connectivity index (χ2v) is 13.2. The fraction of sp³-hybridized carbons (Fsp3) is 0.341. The second-order valence-electron chi connectivity index (χ2n) is 13.2. The maximum absolute atomic E-state index is 13.7. The van der Waals surface area contributed by atoms with Crippen molar-refractivity contribution in [3.8, 4) is 28.7 Å². The molecule has 0 atom stereocenters. The molecule has 0 N–H and O–H groups in total. The van der Waals surface area contributed by atoms with Crippen LogP contribution in [-0.4, -0.2) is 103 Å². The molecular weight excluding hydrogens is 658 g/mol. The second kappa shape index (κ2) is 15.4. The standard InChI is InChI=1S/C41H45N5O6/c1-28-38-33(16-17-42-28)32-14-13-31(52-27-29-10-6-5-7-11-29)25-34(32)46(38)39-30(24-35(49-2)40(50-3)41(39)51-4)12-15-36(47)45-22-20-43(21-23-45)26-37(48)44-18-8-9-19-44/h5-7,10-17,24-25H,8-9,18-23,26-27H2,1-4H3/b15-12+. The summed E-state index contributed by atoms with van der Waals surface area (Å²) < 4.78 is 26.2. The van der Waals surface area contributed by atoms with E-state index < -0.39 is 0 Å². The van der Waals surface area contributed by atoms with E-state index >= 15 is 0 Å². The number of likely N-dealkylation sites (tertiary alicyclic amines) is 1. The number of carbonyl (C=O) groups excluding carboxylic acids is 2. The van der Waals surface area contributed by atoms with Gasteiger partial charge in [0.15, 0.2) is 11.5 Å². The summed E-state index contributed by atoms with van der Waals surface area (Å²) in [5, 5.41) is 2.03. The molecule has 11 heteroatoms. The molecule has 7 rings (SSSR count).